The molecule has 0 aliphatic carbocycles. The van der Waals surface area contributed by atoms with Crippen LogP contribution in [0.1, 0.15) is 63.6 Å². The third-order valence-electron chi connectivity index (χ3n) is 5.62. The first-order valence-electron chi connectivity index (χ1n) is 11.2. The van der Waals surface area contributed by atoms with E-state index >= 15 is 0 Å². The van der Waals surface area contributed by atoms with E-state index in [0.29, 0.717) is 18.2 Å². The summed E-state index contributed by atoms with van der Waals surface area (Å²) in [6.07, 6.45) is 0.827. The van der Waals surface area contributed by atoms with Crippen LogP contribution in [-0.2, 0) is 16.1 Å². The van der Waals surface area contributed by atoms with Gasteiger partial charge in [-0.3, -0.25) is 9.59 Å². The summed E-state index contributed by atoms with van der Waals surface area (Å²) in [6, 6.07) is 13.3. The molecule has 0 spiro atoms. The van der Waals surface area contributed by atoms with E-state index in [1.165, 1.54) is 5.56 Å². The number of halogens is 1. The highest BCUT2D eigenvalue weighted by atomic mass is 79.9. The summed E-state index contributed by atoms with van der Waals surface area (Å²) in [5.74, 6) is 0.603. The lowest BCUT2D eigenvalue weighted by Gasteiger charge is -2.29. The summed E-state index contributed by atoms with van der Waals surface area (Å²) in [5, 5.41) is 2.98. The number of nitrogens with one attached hydrogen (secondary N) is 1. The third kappa shape index (κ3) is 7.37. The smallest absolute Gasteiger partial charge is 0.261 e. The second kappa shape index (κ2) is 12.0. The lowest BCUT2D eigenvalue weighted by atomic mass is 10.0. The molecule has 2 rings (SSSR count). The zero-order valence-electron chi connectivity index (χ0n) is 19.9. The highest BCUT2D eigenvalue weighted by Gasteiger charge is 2.27. The molecular weight excluding hydrogens is 468 g/mol. The molecule has 2 atom stereocenters. The maximum absolute atomic E-state index is 13.2. The monoisotopic (exact) mass is 502 g/mol. The van der Waals surface area contributed by atoms with E-state index in [1.807, 2.05) is 63.2 Å². The Labute approximate surface area is 200 Å². The van der Waals surface area contributed by atoms with Crippen LogP contribution in [0.5, 0.6) is 5.75 Å². The van der Waals surface area contributed by atoms with Gasteiger partial charge in [0.05, 0.1) is 4.47 Å². The first kappa shape index (κ1) is 25.9. The molecule has 5 nitrogen and oxygen atoms in total. The van der Waals surface area contributed by atoms with E-state index in [2.05, 4.69) is 35.1 Å². The fraction of sp³-hybridized carbons (Fsp3) is 0.462. The lowest BCUT2D eigenvalue weighted by Crippen LogP contribution is -2.50. The van der Waals surface area contributed by atoms with E-state index < -0.39 is 6.04 Å². The summed E-state index contributed by atoms with van der Waals surface area (Å²) >= 11 is 3.54. The topological polar surface area (TPSA) is 58.6 Å². The molecule has 0 radical (unpaired) electrons. The average molecular weight is 503 g/mol. The SMILES string of the molecule is CC[C@H](C)NC(=O)[C@H](C)N(Cc1ccc(C)cc1)C(=O)COc1ccc(C(C)C)cc1Br. The van der Waals surface area contributed by atoms with Crippen LogP contribution < -0.4 is 10.1 Å². The number of hydrogen-bond donors (Lipinski definition) is 1. The van der Waals surface area contributed by atoms with Gasteiger partial charge in [-0.05, 0) is 72.3 Å². The normalized spacial score (nSPS) is 12.9. The molecule has 6 heteroatoms. The Morgan fingerprint density at radius 1 is 1.06 bits per heavy atom. The van der Waals surface area contributed by atoms with E-state index in [9.17, 15) is 9.59 Å². The largest absolute Gasteiger partial charge is 0.483 e. The molecule has 2 aromatic carbocycles. The second-order valence-corrected chi connectivity index (χ2v) is 9.49. The van der Waals surface area contributed by atoms with Gasteiger partial charge < -0.3 is 15.0 Å². The van der Waals surface area contributed by atoms with Gasteiger partial charge in [-0.1, -0.05) is 56.7 Å². The number of carbonyl (C=O) groups excluding carboxylic acids is 2. The zero-order chi connectivity index (χ0) is 23.8. The molecule has 0 heterocycles. The van der Waals surface area contributed by atoms with Crippen LogP contribution in [-0.4, -0.2) is 35.4 Å². The number of amides is 2. The molecule has 32 heavy (non-hydrogen) atoms. The van der Waals surface area contributed by atoms with Gasteiger partial charge in [0, 0.05) is 12.6 Å². The summed E-state index contributed by atoms with van der Waals surface area (Å²) in [4.78, 5) is 27.5. The minimum absolute atomic E-state index is 0.0490. The summed E-state index contributed by atoms with van der Waals surface area (Å²) in [5.41, 5.74) is 3.30. The molecule has 0 saturated heterocycles. The van der Waals surface area contributed by atoms with Crippen molar-refractivity contribution in [2.24, 2.45) is 0 Å². The van der Waals surface area contributed by atoms with Gasteiger partial charge in [-0.25, -0.2) is 0 Å². The number of aryl methyl sites for hydroxylation is 1. The summed E-state index contributed by atoms with van der Waals surface area (Å²) < 4.78 is 6.64. The van der Waals surface area contributed by atoms with Crippen LogP contribution in [0.15, 0.2) is 46.9 Å². The van der Waals surface area contributed by atoms with Crippen LogP contribution in [0.25, 0.3) is 0 Å². The Balaban J connectivity index is 2.17. The summed E-state index contributed by atoms with van der Waals surface area (Å²) in [6.45, 7) is 12.2. The van der Waals surface area contributed by atoms with Crippen LogP contribution in [0.2, 0.25) is 0 Å². The Bertz CT molecular complexity index is 912. The Morgan fingerprint density at radius 2 is 1.72 bits per heavy atom. The first-order valence-corrected chi connectivity index (χ1v) is 12.0. The van der Waals surface area contributed by atoms with Gasteiger partial charge in [0.25, 0.3) is 5.91 Å². The van der Waals surface area contributed by atoms with Crippen LogP contribution >= 0.6 is 15.9 Å². The van der Waals surface area contributed by atoms with Crippen LogP contribution in [0, 0.1) is 6.92 Å². The molecule has 2 amide bonds. The lowest BCUT2D eigenvalue weighted by molar-refractivity contribution is -0.142. The minimum Gasteiger partial charge on any atom is -0.483 e. The van der Waals surface area contributed by atoms with Crippen molar-refractivity contribution in [1.82, 2.24) is 10.2 Å². The van der Waals surface area contributed by atoms with E-state index in [0.717, 1.165) is 22.0 Å². The number of ether oxygens (including phenoxy) is 1. The molecule has 0 aromatic heterocycles. The van der Waals surface area contributed by atoms with E-state index in [4.69, 9.17) is 4.74 Å². The number of rotatable bonds is 10. The quantitative estimate of drug-likeness (QED) is 0.460. The molecule has 0 aliphatic rings. The molecule has 0 bridgehead atoms. The van der Waals surface area contributed by atoms with Crippen molar-refractivity contribution in [3.05, 3.63) is 63.6 Å². The predicted octanol–water partition coefficient (Wildman–Crippen LogP) is 5.59. The highest BCUT2D eigenvalue weighted by molar-refractivity contribution is 9.10. The molecule has 0 fully saturated rings. The van der Waals surface area contributed by atoms with E-state index in [1.54, 1.807) is 11.8 Å². The number of benzene rings is 2. The molecule has 0 saturated carbocycles. The van der Waals surface area contributed by atoms with Gasteiger partial charge in [-0.2, -0.15) is 0 Å². The standard InChI is InChI=1S/C26H35BrN2O3/c1-7-19(5)28-26(31)20(6)29(15-21-10-8-18(4)9-11-21)25(30)16-32-24-13-12-22(17(2)3)14-23(24)27/h8-14,17,19-20H,7,15-16H2,1-6H3,(H,28,31)/t19-,20-/m0/s1. The van der Waals surface area contributed by atoms with Crippen LogP contribution in [0.3, 0.4) is 0 Å². The molecule has 0 unspecified atom stereocenters. The molecule has 1 N–H and O–H groups in total. The maximum Gasteiger partial charge on any atom is 0.261 e. The Hall–Kier alpha value is -2.34. The van der Waals surface area contributed by atoms with Gasteiger partial charge in [0.1, 0.15) is 11.8 Å². The zero-order valence-corrected chi connectivity index (χ0v) is 21.5. The van der Waals surface area contributed by atoms with Gasteiger partial charge in [0.15, 0.2) is 6.61 Å². The van der Waals surface area contributed by atoms with Crippen molar-refractivity contribution >= 4 is 27.7 Å². The highest BCUT2D eigenvalue weighted by Crippen LogP contribution is 2.29. The van der Waals surface area contributed by atoms with Crippen LogP contribution in [0.4, 0.5) is 0 Å². The van der Waals surface area contributed by atoms with Crippen molar-refractivity contribution < 1.29 is 14.3 Å². The molecule has 2 aromatic rings. The first-order chi connectivity index (χ1) is 15.1. The average Bonchev–Trinajstić information content (AvgIpc) is 2.76. The summed E-state index contributed by atoms with van der Waals surface area (Å²) in [7, 11) is 0. The van der Waals surface area contributed by atoms with Gasteiger partial charge in [-0.15, -0.1) is 0 Å². The van der Waals surface area contributed by atoms with E-state index in [-0.39, 0.29) is 24.5 Å². The van der Waals surface area contributed by atoms with Crippen molar-refractivity contribution in [3.63, 3.8) is 0 Å². The van der Waals surface area contributed by atoms with Crippen molar-refractivity contribution in [1.29, 1.82) is 0 Å². The molecular formula is C26H35BrN2O3. The second-order valence-electron chi connectivity index (χ2n) is 8.63. The minimum atomic E-state index is -0.617. The number of carbonyl (C=O) groups is 2. The van der Waals surface area contributed by atoms with Gasteiger partial charge in [0.2, 0.25) is 5.91 Å². The fourth-order valence-electron chi connectivity index (χ4n) is 3.15. The Kier molecular flexibility index (Phi) is 9.76. The fourth-order valence-corrected chi connectivity index (χ4v) is 3.66. The number of hydrogen-bond acceptors (Lipinski definition) is 3. The van der Waals surface area contributed by atoms with Gasteiger partial charge >= 0.3 is 0 Å². The number of nitrogens with zero attached hydrogens (tertiary/aromatic N) is 1. The van der Waals surface area contributed by atoms with Crippen molar-refractivity contribution in [2.45, 2.75) is 72.5 Å². The van der Waals surface area contributed by atoms with Crippen molar-refractivity contribution in [3.8, 4) is 5.75 Å². The van der Waals surface area contributed by atoms with Crippen molar-refractivity contribution in [2.75, 3.05) is 6.61 Å². The Morgan fingerprint density at radius 3 is 2.28 bits per heavy atom. The molecule has 174 valence electrons. The third-order valence-corrected chi connectivity index (χ3v) is 6.24. The predicted molar refractivity (Wildman–Crippen MR) is 133 cm³/mol. The maximum atomic E-state index is 13.2. The molecule has 0 aliphatic heterocycles.